The Kier molecular flexibility index (Phi) is 5.97. The minimum atomic E-state index is -0.565. The molecule has 0 bridgehead atoms. The minimum absolute atomic E-state index is 0.00969. The molecule has 148 valence electrons. The van der Waals surface area contributed by atoms with Crippen molar-refractivity contribution in [3.05, 3.63) is 59.8 Å². The lowest BCUT2D eigenvalue weighted by molar-refractivity contribution is 0.0609. The second-order valence-corrected chi connectivity index (χ2v) is 7.98. The number of benzene rings is 1. The molecule has 6 nitrogen and oxygen atoms in total. The van der Waals surface area contributed by atoms with E-state index in [-0.39, 0.29) is 11.9 Å². The molecule has 3 rings (SSSR count). The van der Waals surface area contributed by atoms with Gasteiger partial charge in [-0.15, -0.1) is 0 Å². The van der Waals surface area contributed by atoms with Gasteiger partial charge in [0.05, 0.1) is 6.04 Å². The number of carbonyl (C=O) groups excluding carboxylic acids is 2. The van der Waals surface area contributed by atoms with E-state index < -0.39 is 11.7 Å². The second-order valence-electron chi connectivity index (χ2n) is 7.98. The fourth-order valence-electron chi connectivity index (χ4n) is 3.35. The van der Waals surface area contributed by atoms with Gasteiger partial charge in [-0.3, -0.25) is 10.1 Å². The highest BCUT2D eigenvalue weighted by Gasteiger charge is 2.29. The topological polar surface area (TPSA) is 71.5 Å². The van der Waals surface area contributed by atoms with Crippen LogP contribution in [0.4, 0.5) is 10.6 Å². The summed E-state index contributed by atoms with van der Waals surface area (Å²) in [6, 6.07) is 13.0. The van der Waals surface area contributed by atoms with Crippen molar-refractivity contribution in [1.29, 1.82) is 0 Å². The Morgan fingerprint density at radius 3 is 2.50 bits per heavy atom. The number of nitrogens with zero attached hydrogens (tertiary/aromatic N) is 2. The number of amides is 2. The summed E-state index contributed by atoms with van der Waals surface area (Å²) in [5.74, 6) is 0.469. The number of piperidine rings is 1. The van der Waals surface area contributed by atoms with E-state index in [2.05, 4.69) is 10.3 Å². The van der Waals surface area contributed by atoms with Gasteiger partial charge in [-0.05, 0) is 63.8 Å². The average Bonchev–Trinajstić information content (AvgIpc) is 2.67. The molecule has 0 saturated carbocycles. The zero-order valence-electron chi connectivity index (χ0n) is 16.6. The van der Waals surface area contributed by atoms with Crippen LogP contribution in [0.5, 0.6) is 0 Å². The van der Waals surface area contributed by atoms with Gasteiger partial charge in [0, 0.05) is 18.3 Å². The quantitative estimate of drug-likeness (QED) is 0.829. The standard InChI is InChI=1S/C22H27N3O3/c1-22(2,3)28-21(27)24-19-13-12-17(15-23-19)18-11-7-8-14-25(18)20(26)16-9-5-4-6-10-16/h4-6,9-10,12-13,15,18H,7-8,11,14H2,1-3H3,(H,23,24,27)/t18-/m0/s1. The molecule has 1 aliphatic rings. The summed E-state index contributed by atoms with van der Waals surface area (Å²) < 4.78 is 5.24. The van der Waals surface area contributed by atoms with Gasteiger partial charge in [0.1, 0.15) is 11.4 Å². The van der Waals surface area contributed by atoms with Crippen LogP contribution in [-0.4, -0.2) is 34.0 Å². The monoisotopic (exact) mass is 381 g/mol. The first kappa shape index (κ1) is 19.9. The largest absolute Gasteiger partial charge is 0.444 e. The SMILES string of the molecule is CC(C)(C)OC(=O)Nc1ccc([C@@H]2CCCCN2C(=O)c2ccccc2)cn1. The fraction of sp³-hybridized carbons (Fsp3) is 0.409. The summed E-state index contributed by atoms with van der Waals surface area (Å²) in [4.78, 5) is 31.1. The van der Waals surface area contributed by atoms with Gasteiger partial charge >= 0.3 is 6.09 Å². The highest BCUT2D eigenvalue weighted by atomic mass is 16.6. The molecule has 0 aliphatic carbocycles. The third-order valence-corrected chi connectivity index (χ3v) is 4.58. The van der Waals surface area contributed by atoms with Gasteiger partial charge in [0.25, 0.3) is 5.91 Å². The van der Waals surface area contributed by atoms with Crippen molar-refractivity contribution in [1.82, 2.24) is 9.88 Å². The number of pyridine rings is 1. The molecule has 0 spiro atoms. The number of hydrogen-bond donors (Lipinski definition) is 1. The number of anilines is 1. The number of likely N-dealkylation sites (tertiary alicyclic amines) is 1. The lowest BCUT2D eigenvalue weighted by Crippen LogP contribution is -2.38. The van der Waals surface area contributed by atoms with E-state index in [9.17, 15) is 9.59 Å². The van der Waals surface area contributed by atoms with Crippen molar-refractivity contribution in [2.45, 2.75) is 51.7 Å². The van der Waals surface area contributed by atoms with Gasteiger partial charge < -0.3 is 9.64 Å². The Balaban J connectivity index is 1.72. The normalized spacial score (nSPS) is 17.1. The van der Waals surface area contributed by atoms with Crippen LogP contribution >= 0.6 is 0 Å². The molecule has 1 aromatic carbocycles. The molecule has 1 aromatic heterocycles. The van der Waals surface area contributed by atoms with Crippen LogP contribution in [0.15, 0.2) is 48.7 Å². The molecular formula is C22H27N3O3. The van der Waals surface area contributed by atoms with Crippen LogP contribution in [0.3, 0.4) is 0 Å². The van der Waals surface area contributed by atoms with Crippen molar-refractivity contribution >= 4 is 17.8 Å². The van der Waals surface area contributed by atoms with Gasteiger partial charge in [-0.2, -0.15) is 0 Å². The first-order valence-electron chi connectivity index (χ1n) is 9.65. The van der Waals surface area contributed by atoms with Crippen LogP contribution in [0, 0.1) is 0 Å². The Morgan fingerprint density at radius 1 is 1.11 bits per heavy atom. The maximum Gasteiger partial charge on any atom is 0.413 e. The predicted molar refractivity (Wildman–Crippen MR) is 108 cm³/mol. The molecule has 2 aromatic rings. The molecule has 1 atom stereocenters. The molecule has 0 unspecified atom stereocenters. The minimum Gasteiger partial charge on any atom is -0.444 e. The van der Waals surface area contributed by atoms with Gasteiger partial charge in [-0.1, -0.05) is 24.3 Å². The third-order valence-electron chi connectivity index (χ3n) is 4.58. The molecule has 1 aliphatic heterocycles. The highest BCUT2D eigenvalue weighted by molar-refractivity contribution is 5.94. The number of hydrogen-bond acceptors (Lipinski definition) is 4. The summed E-state index contributed by atoms with van der Waals surface area (Å²) in [6.45, 7) is 6.16. The van der Waals surface area contributed by atoms with E-state index in [0.717, 1.165) is 31.4 Å². The van der Waals surface area contributed by atoms with Crippen molar-refractivity contribution in [3.63, 3.8) is 0 Å². The molecular weight excluding hydrogens is 354 g/mol. The highest BCUT2D eigenvalue weighted by Crippen LogP contribution is 2.32. The Bertz CT molecular complexity index is 813. The maximum atomic E-state index is 13.0. The Hall–Kier alpha value is -2.89. The van der Waals surface area contributed by atoms with Crippen molar-refractivity contribution < 1.29 is 14.3 Å². The Morgan fingerprint density at radius 2 is 1.86 bits per heavy atom. The van der Waals surface area contributed by atoms with E-state index in [0.29, 0.717) is 11.4 Å². The Labute approximate surface area is 165 Å². The molecule has 0 radical (unpaired) electrons. The molecule has 6 heteroatoms. The summed E-state index contributed by atoms with van der Waals surface area (Å²) in [5, 5.41) is 2.64. The molecule has 1 fully saturated rings. The summed E-state index contributed by atoms with van der Waals surface area (Å²) in [6.07, 6.45) is 4.17. The van der Waals surface area contributed by atoms with Crippen LogP contribution < -0.4 is 5.32 Å². The zero-order chi connectivity index (χ0) is 20.1. The molecule has 1 N–H and O–H groups in total. The molecule has 2 heterocycles. The molecule has 2 amide bonds. The fourth-order valence-corrected chi connectivity index (χ4v) is 3.35. The first-order chi connectivity index (χ1) is 13.3. The number of nitrogens with one attached hydrogen (secondary N) is 1. The number of rotatable bonds is 3. The number of carbonyl (C=O) groups is 2. The van der Waals surface area contributed by atoms with E-state index in [1.165, 1.54) is 0 Å². The van der Waals surface area contributed by atoms with Crippen LogP contribution in [-0.2, 0) is 4.74 Å². The number of ether oxygens (including phenoxy) is 1. The van der Waals surface area contributed by atoms with Gasteiger partial charge in [0.15, 0.2) is 0 Å². The zero-order valence-corrected chi connectivity index (χ0v) is 16.6. The van der Waals surface area contributed by atoms with Crippen molar-refractivity contribution in [3.8, 4) is 0 Å². The second kappa shape index (κ2) is 8.42. The smallest absolute Gasteiger partial charge is 0.413 e. The van der Waals surface area contributed by atoms with E-state index in [1.807, 2.05) is 62.1 Å². The van der Waals surface area contributed by atoms with E-state index >= 15 is 0 Å². The summed E-state index contributed by atoms with van der Waals surface area (Å²) in [5.41, 5.74) is 1.11. The maximum absolute atomic E-state index is 13.0. The third kappa shape index (κ3) is 5.09. The van der Waals surface area contributed by atoms with Gasteiger partial charge in [-0.25, -0.2) is 9.78 Å². The average molecular weight is 381 g/mol. The molecule has 1 saturated heterocycles. The first-order valence-corrected chi connectivity index (χ1v) is 9.65. The lowest BCUT2D eigenvalue weighted by atomic mass is 9.95. The molecule has 28 heavy (non-hydrogen) atoms. The van der Waals surface area contributed by atoms with Crippen molar-refractivity contribution in [2.24, 2.45) is 0 Å². The van der Waals surface area contributed by atoms with Crippen LogP contribution in [0.1, 0.15) is 62.0 Å². The van der Waals surface area contributed by atoms with Crippen LogP contribution in [0.2, 0.25) is 0 Å². The van der Waals surface area contributed by atoms with E-state index in [4.69, 9.17) is 4.74 Å². The van der Waals surface area contributed by atoms with Crippen molar-refractivity contribution in [2.75, 3.05) is 11.9 Å². The lowest BCUT2D eigenvalue weighted by Gasteiger charge is -2.36. The summed E-state index contributed by atoms with van der Waals surface area (Å²) in [7, 11) is 0. The van der Waals surface area contributed by atoms with E-state index in [1.54, 1.807) is 12.3 Å². The summed E-state index contributed by atoms with van der Waals surface area (Å²) >= 11 is 0. The van der Waals surface area contributed by atoms with Crippen LogP contribution in [0.25, 0.3) is 0 Å². The van der Waals surface area contributed by atoms with Gasteiger partial charge in [0.2, 0.25) is 0 Å². The number of aromatic nitrogens is 1. The predicted octanol–water partition coefficient (Wildman–Crippen LogP) is 4.80.